The molecule has 1 aromatic carbocycles. The van der Waals surface area contributed by atoms with E-state index in [1.165, 1.54) is 30.1 Å². The summed E-state index contributed by atoms with van der Waals surface area (Å²) >= 11 is 0. The molecule has 1 aliphatic carbocycles. The second-order valence-corrected chi connectivity index (χ2v) is 5.77. The molecule has 1 fully saturated rings. The number of amides is 2. The highest BCUT2D eigenvalue weighted by molar-refractivity contribution is 5.95. The Hall–Kier alpha value is -2.05. The predicted octanol–water partition coefficient (Wildman–Crippen LogP) is 3.29. The van der Waals surface area contributed by atoms with Crippen LogP contribution in [-0.2, 0) is 15.8 Å². The summed E-state index contributed by atoms with van der Waals surface area (Å²) in [5, 5.41) is 2.24. The number of hydrogen-bond donors (Lipinski definition) is 1. The van der Waals surface area contributed by atoms with Crippen LogP contribution >= 0.6 is 0 Å². The summed E-state index contributed by atoms with van der Waals surface area (Å²) in [7, 11) is 1.50. The number of alkyl halides is 3. The van der Waals surface area contributed by atoms with Gasteiger partial charge >= 0.3 is 6.18 Å². The van der Waals surface area contributed by atoms with Crippen molar-refractivity contribution in [1.29, 1.82) is 0 Å². The van der Waals surface area contributed by atoms with Crippen molar-refractivity contribution in [2.45, 2.75) is 31.9 Å². The van der Waals surface area contributed by atoms with Crippen LogP contribution in [0.4, 0.5) is 18.9 Å². The standard InChI is InChI=1S/C16H19F3N2O2/c1-21(15(23)11-6-2-3-7-11)10-14(22)20-13-9-5-4-8-12(13)16(17,18)19/h4-5,8-9,11H,2-3,6-7,10H2,1H3,(H,20,22). The third-order valence-corrected chi connectivity index (χ3v) is 3.97. The van der Waals surface area contributed by atoms with Crippen LogP contribution in [0.5, 0.6) is 0 Å². The fraction of sp³-hybridized carbons (Fsp3) is 0.500. The Labute approximate surface area is 132 Å². The molecule has 7 heteroatoms. The molecular weight excluding hydrogens is 309 g/mol. The maximum absolute atomic E-state index is 12.9. The molecule has 23 heavy (non-hydrogen) atoms. The molecule has 0 bridgehead atoms. The van der Waals surface area contributed by atoms with Gasteiger partial charge in [0.2, 0.25) is 11.8 Å². The Morgan fingerprint density at radius 3 is 2.43 bits per heavy atom. The van der Waals surface area contributed by atoms with Gasteiger partial charge in [0.1, 0.15) is 0 Å². The molecule has 0 unspecified atom stereocenters. The lowest BCUT2D eigenvalue weighted by Crippen LogP contribution is -2.38. The van der Waals surface area contributed by atoms with E-state index in [1.807, 2.05) is 0 Å². The highest BCUT2D eigenvalue weighted by Gasteiger charge is 2.33. The summed E-state index contributed by atoms with van der Waals surface area (Å²) in [6.07, 6.45) is -0.941. The summed E-state index contributed by atoms with van der Waals surface area (Å²) in [6.45, 7) is -0.262. The second-order valence-electron chi connectivity index (χ2n) is 5.77. The molecule has 2 rings (SSSR count). The molecule has 1 saturated carbocycles. The molecular formula is C16H19F3N2O2. The SMILES string of the molecule is CN(CC(=O)Nc1ccccc1C(F)(F)F)C(=O)C1CCCC1. The molecule has 0 spiro atoms. The van der Waals surface area contributed by atoms with Gasteiger partial charge in [-0.1, -0.05) is 25.0 Å². The largest absolute Gasteiger partial charge is 0.418 e. The third kappa shape index (κ3) is 4.46. The molecule has 1 aromatic rings. The van der Waals surface area contributed by atoms with Crippen LogP contribution in [0.25, 0.3) is 0 Å². The van der Waals surface area contributed by atoms with E-state index in [0.29, 0.717) is 0 Å². The van der Waals surface area contributed by atoms with Crippen LogP contribution < -0.4 is 5.32 Å². The second kappa shape index (κ2) is 7.02. The quantitative estimate of drug-likeness (QED) is 0.922. The van der Waals surface area contributed by atoms with E-state index in [2.05, 4.69) is 5.32 Å². The number of nitrogens with one attached hydrogen (secondary N) is 1. The highest BCUT2D eigenvalue weighted by atomic mass is 19.4. The average molecular weight is 328 g/mol. The zero-order valence-corrected chi connectivity index (χ0v) is 12.8. The zero-order chi connectivity index (χ0) is 17.0. The van der Waals surface area contributed by atoms with Crippen LogP contribution in [0.1, 0.15) is 31.2 Å². The minimum Gasteiger partial charge on any atom is -0.336 e. The van der Waals surface area contributed by atoms with E-state index < -0.39 is 17.6 Å². The summed E-state index contributed by atoms with van der Waals surface area (Å²) in [6, 6.07) is 4.77. The Kier molecular flexibility index (Phi) is 5.28. The first-order chi connectivity index (χ1) is 10.8. The summed E-state index contributed by atoms with van der Waals surface area (Å²) < 4.78 is 38.6. The van der Waals surface area contributed by atoms with E-state index in [0.717, 1.165) is 31.7 Å². The number of hydrogen-bond acceptors (Lipinski definition) is 2. The van der Waals surface area contributed by atoms with Gasteiger partial charge in [-0.2, -0.15) is 13.2 Å². The zero-order valence-electron chi connectivity index (χ0n) is 12.8. The van der Waals surface area contributed by atoms with E-state index in [4.69, 9.17) is 0 Å². The minimum atomic E-state index is -4.55. The molecule has 1 aliphatic rings. The van der Waals surface area contributed by atoms with E-state index in [1.54, 1.807) is 0 Å². The molecule has 0 atom stereocenters. The lowest BCUT2D eigenvalue weighted by Gasteiger charge is -2.21. The maximum Gasteiger partial charge on any atom is 0.418 e. The smallest absolute Gasteiger partial charge is 0.336 e. The predicted molar refractivity (Wildman–Crippen MR) is 79.7 cm³/mol. The summed E-state index contributed by atoms with van der Waals surface area (Å²) in [4.78, 5) is 25.4. The van der Waals surface area contributed by atoms with Crippen molar-refractivity contribution in [1.82, 2.24) is 4.90 Å². The van der Waals surface area contributed by atoms with Gasteiger partial charge < -0.3 is 10.2 Å². The van der Waals surface area contributed by atoms with Crippen molar-refractivity contribution in [2.75, 3.05) is 18.9 Å². The van der Waals surface area contributed by atoms with Crippen molar-refractivity contribution >= 4 is 17.5 Å². The van der Waals surface area contributed by atoms with Crippen molar-refractivity contribution < 1.29 is 22.8 Å². The molecule has 0 aromatic heterocycles. The highest BCUT2D eigenvalue weighted by Crippen LogP contribution is 2.34. The number of rotatable bonds is 4. The number of carbonyl (C=O) groups excluding carboxylic acids is 2. The molecule has 126 valence electrons. The van der Waals surface area contributed by atoms with Gasteiger partial charge in [-0.3, -0.25) is 9.59 Å². The third-order valence-electron chi connectivity index (χ3n) is 3.97. The van der Waals surface area contributed by atoms with Crippen LogP contribution in [0.3, 0.4) is 0 Å². The van der Waals surface area contributed by atoms with Gasteiger partial charge in [-0.05, 0) is 25.0 Å². The average Bonchev–Trinajstić information content (AvgIpc) is 2.99. The lowest BCUT2D eigenvalue weighted by atomic mass is 10.1. The maximum atomic E-state index is 12.9. The number of likely N-dealkylation sites (N-methyl/N-ethyl adjacent to an activating group) is 1. The van der Waals surface area contributed by atoms with Gasteiger partial charge in [0.25, 0.3) is 0 Å². The first kappa shape index (κ1) is 17.3. The van der Waals surface area contributed by atoms with Crippen LogP contribution in [0, 0.1) is 5.92 Å². The lowest BCUT2D eigenvalue weighted by molar-refractivity contribution is -0.138. The van der Waals surface area contributed by atoms with E-state index >= 15 is 0 Å². The molecule has 0 aliphatic heterocycles. The van der Waals surface area contributed by atoms with Crippen molar-refractivity contribution in [3.05, 3.63) is 29.8 Å². The molecule has 0 radical (unpaired) electrons. The molecule has 4 nitrogen and oxygen atoms in total. The Morgan fingerprint density at radius 1 is 1.22 bits per heavy atom. The van der Waals surface area contributed by atoms with Gasteiger partial charge in [0, 0.05) is 13.0 Å². The molecule has 0 saturated heterocycles. The fourth-order valence-electron chi connectivity index (χ4n) is 2.81. The monoisotopic (exact) mass is 328 g/mol. The fourth-order valence-corrected chi connectivity index (χ4v) is 2.81. The number of halogens is 3. The first-order valence-electron chi connectivity index (χ1n) is 7.50. The Morgan fingerprint density at radius 2 is 1.83 bits per heavy atom. The molecule has 0 heterocycles. The Balaban J connectivity index is 1.98. The van der Waals surface area contributed by atoms with Gasteiger partial charge in [0.05, 0.1) is 17.8 Å². The normalized spacial score (nSPS) is 15.5. The van der Waals surface area contributed by atoms with Crippen LogP contribution in [-0.4, -0.2) is 30.3 Å². The van der Waals surface area contributed by atoms with Crippen molar-refractivity contribution in [2.24, 2.45) is 5.92 Å². The topological polar surface area (TPSA) is 49.4 Å². The number of benzene rings is 1. The van der Waals surface area contributed by atoms with Gasteiger partial charge in [-0.15, -0.1) is 0 Å². The molecule has 2 amide bonds. The van der Waals surface area contributed by atoms with E-state index in [-0.39, 0.29) is 24.1 Å². The number of nitrogens with zero attached hydrogens (tertiary/aromatic N) is 1. The minimum absolute atomic E-state index is 0.0738. The van der Waals surface area contributed by atoms with Crippen molar-refractivity contribution in [3.63, 3.8) is 0 Å². The number of anilines is 1. The number of para-hydroxylation sites is 1. The summed E-state index contributed by atoms with van der Waals surface area (Å²) in [5.74, 6) is -0.840. The van der Waals surface area contributed by atoms with Gasteiger partial charge in [0.15, 0.2) is 0 Å². The number of carbonyl (C=O) groups is 2. The van der Waals surface area contributed by atoms with Crippen LogP contribution in [0.2, 0.25) is 0 Å². The molecule has 1 N–H and O–H groups in total. The van der Waals surface area contributed by atoms with Crippen LogP contribution in [0.15, 0.2) is 24.3 Å². The summed E-state index contributed by atoms with van der Waals surface area (Å²) in [5.41, 5.74) is -1.20. The van der Waals surface area contributed by atoms with Crippen molar-refractivity contribution in [3.8, 4) is 0 Å². The van der Waals surface area contributed by atoms with Gasteiger partial charge in [-0.25, -0.2) is 0 Å². The first-order valence-corrected chi connectivity index (χ1v) is 7.50. The van der Waals surface area contributed by atoms with E-state index in [9.17, 15) is 22.8 Å². The Bertz CT molecular complexity index is 581.